The second kappa shape index (κ2) is 4.60. The van der Waals surface area contributed by atoms with Crippen molar-refractivity contribution in [1.29, 1.82) is 0 Å². The molecule has 1 aliphatic rings. The maximum atomic E-state index is 11.1. The molecule has 3 nitrogen and oxygen atoms in total. The van der Waals surface area contributed by atoms with Gasteiger partial charge in [-0.05, 0) is 19.4 Å². The Kier molecular flexibility index (Phi) is 3.43. The number of carbonyl (C=O) groups is 2. The Balaban J connectivity index is 2.56. The highest BCUT2D eigenvalue weighted by atomic mass is 16.5. The van der Waals surface area contributed by atoms with Gasteiger partial charge in [-0.15, -0.1) is 0 Å². The first kappa shape index (κ1) is 9.71. The number of cyclic esters (lactones) is 1. The summed E-state index contributed by atoms with van der Waals surface area (Å²) < 4.78 is 4.87. The van der Waals surface area contributed by atoms with E-state index in [0.717, 1.165) is 11.9 Å². The predicted molar refractivity (Wildman–Crippen MR) is 48.0 cm³/mol. The predicted octanol–water partition coefficient (Wildman–Crippen LogP) is 1.25. The van der Waals surface area contributed by atoms with E-state index in [2.05, 4.69) is 0 Å². The van der Waals surface area contributed by atoms with Gasteiger partial charge in [-0.1, -0.05) is 12.2 Å². The number of hydrogen-bond acceptors (Lipinski definition) is 3. The normalized spacial score (nSPS) is 25.5. The highest BCUT2D eigenvalue weighted by molar-refractivity contribution is 5.90. The quantitative estimate of drug-likeness (QED) is 0.373. The Morgan fingerprint density at radius 3 is 3.00 bits per heavy atom. The van der Waals surface area contributed by atoms with Gasteiger partial charge in [-0.2, -0.15) is 0 Å². The lowest BCUT2D eigenvalue weighted by Gasteiger charge is -2.01. The highest BCUT2D eigenvalue weighted by Gasteiger charge is 2.28. The van der Waals surface area contributed by atoms with E-state index in [9.17, 15) is 9.59 Å². The van der Waals surface area contributed by atoms with Crippen LogP contribution in [0.1, 0.15) is 13.3 Å². The minimum absolute atomic E-state index is 0.119. The SMILES string of the molecule is C/C=C1\C(=O)OC[C@@H]1C/C=C/C=O. The van der Waals surface area contributed by atoms with Crippen molar-refractivity contribution in [1.82, 2.24) is 0 Å². The number of esters is 1. The lowest BCUT2D eigenvalue weighted by Crippen LogP contribution is -2.01. The van der Waals surface area contributed by atoms with Crippen LogP contribution in [0.4, 0.5) is 0 Å². The minimum Gasteiger partial charge on any atom is -0.462 e. The van der Waals surface area contributed by atoms with Gasteiger partial charge >= 0.3 is 5.97 Å². The molecule has 0 radical (unpaired) electrons. The van der Waals surface area contributed by atoms with Crippen molar-refractivity contribution in [2.24, 2.45) is 5.92 Å². The smallest absolute Gasteiger partial charge is 0.334 e. The second-order valence-corrected chi connectivity index (χ2v) is 2.84. The van der Waals surface area contributed by atoms with E-state index < -0.39 is 0 Å². The summed E-state index contributed by atoms with van der Waals surface area (Å²) >= 11 is 0. The van der Waals surface area contributed by atoms with Crippen LogP contribution in [-0.4, -0.2) is 18.9 Å². The molecule has 0 unspecified atom stereocenters. The van der Waals surface area contributed by atoms with Gasteiger partial charge in [-0.25, -0.2) is 4.79 Å². The molecule has 13 heavy (non-hydrogen) atoms. The molecular weight excluding hydrogens is 168 g/mol. The fourth-order valence-corrected chi connectivity index (χ4v) is 1.36. The minimum atomic E-state index is -0.230. The van der Waals surface area contributed by atoms with Gasteiger partial charge < -0.3 is 4.74 Å². The Morgan fingerprint density at radius 1 is 1.62 bits per heavy atom. The first-order chi connectivity index (χ1) is 6.29. The topological polar surface area (TPSA) is 43.4 Å². The molecule has 70 valence electrons. The third-order valence-corrected chi connectivity index (χ3v) is 2.04. The Hall–Kier alpha value is -1.38. The van der Waals surface area contributed by atoms with Crippen molar-refractivity contribution < 1.29 is 14.3 Å². The van der Waals surface area contributed by atoms with Crippen molar-refractivity contribution in [3.05, 3.63) is 23.8 Å². The molecule has 1 heterocycles. The molecule has 0 N–H and O–H groups in total. The van der Waals surface area contributed by atoms with Gasteiger partial charge in [0.25, 0.3) is 0 Å². The molecule has 3 heteroatoms. The van der Waals surface area contributed by atoms with Crippen LogP contribution in [0.3, 0.4) is 0 Å². The van der Waals surface area contributed by atoms with E-state index in [4.69, 9.17) is 4.74 Å². The molecule has 0 bridgehead atoms. The summed E-state index contributed by atoms with van der Waals surface area (Å²) in [7, 11) is 0. The summed E-state index contributed by atoms with van der Waals surface area (Å²) in [5, 5.41) is 0. The molecule has 0 aliphatic carbocycles. The summed E-state index contributed by atoms with van der Waals surface area (Å²) in [6.45, 7) is 2.25. The van der Waals surface area contributed by atoms with Gasteiger partial charge in [-0.3, -0.25) is 4.79 Å². The van der Waals surface area contributed by atoms with Crippen molar-refractivity contribution in [2.45, 2.75) is 13.3 Å². The van der Waals surface area contributed by atoms with Crippen molar-refractivity contribution in [3.63, 3.8) is 0 Å². The zero-order valence-corrected chi connectivity index (χ0v) is 7.53. The van der Waals surface area contributed by atoms with Crippen LogP contribution in [0.2, 0.25) is 0 Å². The monoisotopic (exact) mass is 180 g/mol. The summed E-state index contributed by atoms with van der Waals surface area (Å²) in [4.78, 5) is 21.1. The van der Waals surface area contributed by atoms with E-state index >= 15 is 0 Å². The average Bonchev–Trinajstić information content (AvgIpc) is 2.47. The summed E-state index contributed by atoms with van der Waals surface area (Å²) in [6, 6.07) is 0. The largest absolute Gasteiger partial charge is 0.462 e. The van der Waals surface area contributed by atoms with Crippen LogP contribution in [0.5, 0.6) is 0 Å². The molecule has 1 saturated heterocycles. The molecule has 1 atom stereocenters. The number of ether oxygens (including phenoxy) is 1. The Bertz CT molecular complexity index is 263. The molecule has 1 fully saturated rings. The van der Waals surface area contributed by atoms with E-state index in [-0.39, 0.29) is 11.9 Å². The first-order valence-corrected chi connectivity index (χ1v) is 4.23. The second-order valence-electron chi connectivity index (χ2n) is 2.84. The van der Waals surface area contributed by atoms with Gasteiger partial charge in [0.2, 0.25) is 0 Å². The molecule has 0 amide bonds. The van der Waals surface area contributed by atoms with Crippen LogP contribution < -0.4 is 0 Å². The molecule has 1 aliphatic heterocycles. The standard InChI is InChI=1S/C10H12O3/c1-2-9-8(5-3-4-6-11)7-13-10(9)12/h2-4,6,8H,5,7H2,1H3/b4-3+,9-2-/t8-/m0/s1. The number of carbonyl (C=O) groups excluding carboxylic acids is 2. The summed E-state index contributed by atoms with van der Waals surface area (Å²) in [5.74, 6) is -0.110. The van der Waals surface area contributed by atoms with Crippen LogP contribution in [-0.2, 0) is 14.3 Å². The number of hydrogen-bond donors (Lipinski definition) is 0. The first-order valence-electron chi connectivity index (χ1n) is 4.23. The van der Waals surface area contributed by atoms with Crippen LogP contribution in [0, 0.1) is 5.92 Å². The Morgan fingerprint density at radius 2 is 2.38 bits per heavy atom. The van der Waals surface area contributed by atoms with Crippen LogP contribution in [0.25, 0.3) is 0 Å². The van der Waals surface area contributed by atoms with Crippen molar-refractivity contribution >= 4 is 12.3 Å². The third kappa shape index (κ3) is 2.28. The lowest BCUT2D eigenvalue weighted by molar-refractivity contribution is -0.135. The van der Waals surface area contributed by atoms with E-state index in [1.54, 1.807) is 12.2 Å². The van der Waals surface area contributed by atoms with E-state index in [1.165, 1.54) is 6.08 Å². The third-order valence-electron chi connectivity index (χ3n) is 2.04. The highest BCUT2D eigenvalue weighted by Crippen LogP contribution is 2.24. The summed E-state index contributed by atoms with van der Waals surface area (Å²) in [6.07, 6.45) is 6.38. The zero-order chi connectivity index (χ0) is 9.68. The maximum Gasteiger partial charge on any atom is 0.334 e. The average molecular weight is 180 g/mol. The van der Waals surface area contributed by atoms with E-state index in [1.807, 2.05) is 6.92 Å². The number of allylic oxidation sites excluding steroid dienone is 3. The maximum absolute atomic E-state index is 11.1. The molecule has 1 rings (SSSR count). The van der Waals surface area contributed by atoms with Gasteiger partial charge in [0.1, 0.15) is 6.29 Å². The molecule has 0 aromatic heterocycles. The van der Waals surface area contributed by atoms with Crippen LogP contribution >= 0.6 is 0 Å². The number of rotatable bonds is 3. The zero-order valence-electron chi connectivity index (χ0n) is 7.53. The molecule has 0 aromatic carbocycles. The number of aldehydes is 1. The molecule has 0 spiro atoms. The summed E-state index contributed by atoms with van der Waals surface area (Å²) in [5.41, 5.74) is 0.718. The van der Waals surface area contributed by atoms with Crippen LogP contribution in [0.15, 0.2) is 23.8 Å². The van der Waals surface area contributed by atoms with Gasteiger partial charge in [0.15, 0.2) is 0 Å². The van der Waals surface area contributed by atoms with Gasteiger partial charge in [0, 0.05) is 11.5 Å². The van der Waals surface area contributed by atoms with Crippen molar-refractivity contribution in [3.8, 4) is 0 Å². The molecule has 0 saturated carbocycles. The fraction of sp³-hybridized carbons (Fsp3) is 0.400. The molecular formula is C10H12O3. The van der Waals surface area contributed by atoms with Crippen molar-refractivity contribution in [2.75, 3.05) is 6.61 Å². The molecule has 0 aromatic rings. The van der Waals surface area contributed by atoms with Gasteiger partial charge in [0.05, 0.1) is 6.61 Å². The Labute approximate surface area is 77.1 Å². The fourth-order valence-electron chi connectivity index (χ4n) is 1.36. The van der Waals surface area contributed by atoms with E-state index in [0.29, 0.717) is 13.0 Å². The lowest BCUT2D eigenvalue weighted by atomic mass is 9.98.